The van der Waals surface area contributed by atoms with Crippen LogP contribution >= 0.6 is 22.6 Å². The second-order valence-corrected chi connectivity index (χ2v) is 12.6. The summed E-state index contributed by atoms with van der Waals surface area (Å²) in [5, 5.41) is 5.92. The molecule has 2 aromatic rings. The lowest BCUT2D eigenvalue weighted by molar-refractivity contribution is -0.139. The molecule has 1 aliphatic carbocycles. The number of rotatable bonds is 8. The van der Waals surface area contributed by atoms with E-state index in [1.54, 1.807) is 11.1 Å². The van der Waals surface area contributed by atoms with Crippen LogP contribution in [0.4, 0.5) is 0 Å². The molecule has 210 valence electrons. The number of nitrogens with zero attached hydrogens (tertiary/aromatic N) is 4. The Morgan fingerprint density at radius 1 is 1.03 bits per heavy atom. The molecule has 2 fully saturated rings. The molecular formula is C28H37IN6O4. The highest BCUT2D eigenvalue weighted by Gasteiger charge is 2.41. The molecule has 0 unspecified atom stereocenters. The van der Waals surface area contributed by atoms with Gasteiger partial charge in [-0.15, -0.1) is 0 Å². The summed E-state index contributed by atoms with van der Waals surface area (Å²) < 4.78 is 7.03. The first-order valence-corrected chi connectivity index (χ1v) is 14.6. The first-order valence-electron chi connectivity index (χ1n) is 13.6. The Hall–Kier alpha value is -2.83. The highest BCUT2D eigenvalue weighted by atomic mass is 127. The van der Waals surface area contributed by atoms with Crippen LogP contribution in [0.3, 0.4) is 0 Å². The number of ether oxygens (including phenoxy) is 1. The maximum Gasteiger partial charge on any atom is 0.272 e. The van der Waals surface area contributed by atoms with Crippen molar-refractivity contribution < 1.29 is 19.1 Å². The van der Waals surface area contributed by atoms with E-state index < -0.39 is 23.4 Å². The highest BCUT2D eigenvalue weighted by molar-refractivity contribution is 14.1. The summed E-state index contributed by atoms with van der Waals surface area (Å²) >= 11 is 2.19. The summed E-state index contributed by atoms with van der Waals surface area (Å²) in [7, 11) is 0. The zero-order valence-electron chi connectivity index (χ0n) is 22.7. The molecule has 2 aliphatic rings. The molecule has 10 nitrogen and oxygen atoms in total. The van der Waals surface area contributed by atoms with E-state index in [1.165, 1.54) is 18.6 Å². The molecule has 2 N–H and O–H groups in total. The topological polar surface area (TPSA) is 126 Å². The summed E-state index contributed by atoms with van der Waals surface area (Å²) in [5.41, 5.74) is -0.393. The van der Waals surface area contributed by atoms with Gasteiger partial charge in [0, 0.05) is 41.2 Å². The number of carbonyl (C=O) groups excluding carboxylic acids is 3. The fourth-order valence-corrected chi connectivity index (χ4v) is 5.51. The summed E-state index contributed by atoms with van der Waals surface area (Å²) in [5.74, 6) is -0.426. The number of nitrogens with one attached hydrogen (secondary N) is 2. The Morgan fingerprint density at radius 3 is 2.44 bits per heavy atom. The number of pyridine rings is 1. The van der Waals surface area contributed by atoms with Crippen molar-refractivity contribution in [3.05, 3.63) is 46.2 Å². The second kappa shape index (κ2) is 13.0. The Morgan fingerprint density at radius 2 is 1.79 bits per heavy atom. The van der Waals surface area contributed by atoms with Crippen molar-refractivity contribution in [2.75, 3.05) is 13.1 Å². The van der Waals surface area contributed by atoms with Crippen LogP contribution < -0.4 is 15.4 Å². The standard InChI is InChI=1S/C28H37IN6O4/c1-28(2,3)24(27(38)35-14-11-20(17-35)39-22-10-9-19(29)15-32-22)34-26(37)23(18-7-5-4-6-8-18)33-25(36)21-16-30-12-13-31-21/h9-10,12-13,15-16,18,20,23-24H,4-8,11,14,17H2,1-3H3,(H,33,36)(H,34,37)/t20-,23+,24-/m1/s1. The molecule has 39 heavy (non-hydrogen) atoms. The zero-order chi connectivity index (χ0) is 28.0. The van der Waals surface area contributed by atoms with Crippen LogP contribution in [-0.4, -0.2) is 68.9 Å². The van der Waals surface area contributed by atoms with E-state index in [1.807, 2.05) is 32.9 Å². The van der Waals surface area contributed by atoms with Crippen molar-refractivity contribution in [1.29, 1.82) is 0 Å². The number of halogens is 1. The van der Waals surface area contributed by atoms with Gasteiger partial charge in [-0.3, -0.25) is 19.4 Å². The minimum Gasteiger partial charge on any atom is -0.472 e. The Labute approximate surface area is 243 Å². The molecule has 0 bridgehead atoms. The molecule has 4 rings (SSSR count). The number of hydrogen-bond donors (Lipinski definition) is 2. The minimum absolute atomic E-state index is 0.0129. The third-order valence-corrected chi connectivity index (χ3v) is 7.97. The van der Waals surface area contributed by atoms with Crippen LogP contribution in [0.25, 0.3) is 0 Å². The number of amides is 3. The van der Waals surface area contributed by atoms with Gasteiger partial charge in [-0.2, -0.15) is 0 Å². The monoisotopic (exact) mass is 648 g/mol. The molecule has 1 aliphatic heterocycles. The maximum atomic E-state index is 13.8. The smallest absolute Gasteiger partial charge is 0.272 e. The lowest BCUT2D eigenvalue weighted by Crippen LogP contribution is -2.60. The third-order valence-electron chi connectivity index (χ3n) is 7.33. The van der Waals surface area contributed by atoms with Gasteiger partial charge in [0.05, 0.1) is 12.7 Å². The lowest BCUT2D eigenvalue weighted by atomic mass is 9.82. The van der Waals surface area contributed by atoms with Crippen molar-refractivity contribution in [2.24, 2.45) is 11.3 Å². The maximum absolute atomic E-state index is 13.8. The number of carbonyl (C=O) groups is 3. The average molecular weight is 649 g/mol. The normalized spacial score (nSPS) is 19.7. The van der Waals surface area contributed by atoms with E-state index in [4.69, 9.17) is 4.74 Å². The summed E-state index contributed by atoms with van der Waals surface area (Å²) in [6.07, 6.45) is 11.4. The second-order valence-electron chi connectivity index (χ2n) is 11.4. The molecule has 0 aromatic carbocycles. The molecule has 1 saturated heterocycles. The van der Waals surface area contributed by atoms with Gasteiger partial charge < -0.3 is 20.3 Å². The van der Waals surface area contributed by atoms with E-state index in [0.29, 0.717) is 25.4 Å². The van der Waals surface area contributed by atoms with Gasteiger partial charge in [-0.05, 0) is 52.8 Å². The Balaban J connectivity index is 1.45. The van der Waals surface area contributed by atoms with E-state index in [9.17, 15) is 14.4 Å². The third kappa shape index (κ3) is 7.86. The SMILES string of the molecule is CC(C)(C)[C@H](NC(=O)[C@@H](NC(=O)c1cnccn1)C1CCCCC1)C(=O)N1CC[C@@H](Oc2ccc(I)cn2)C1. The number of likely N-dealkylation sites (tertiary alicyclic amines) is 1. The number of aromatic nitrogens is 3. The van der Waals surface area contributed by atoms with Crippen LogP contribution in [0.15, 0.2) is 36.9 Å². The van der Waals surface area contributed by atoms with Gasteiger partial charge in [0.1, 0.15) is 23.9 Å². The van der Waals surface area contributed by atoms with Crippen LogP contribution in [0.1, 0.15) is 69.8 Å². The van der Waals surface area contributed by atoms with Crippen LogP contribution in [0, 0.1) is 14.9 Å². The van der Waals surface area contributed by atoms with Crippen molar-refractivity contribution in [3.8, 4) is 5.88 Å². The molecular weight excluding hydrogens is 611 g/mol. The van der Waals surface area contributed by atoms with E-state index in [0.717, 1.165) is 35.7 Å². The van der Waals surface area contributed by atoms with Crippen molar-refractivity contribution in [2.45, 2.75) is 77.5 Å². The van der Waals surface area contributed by atoms with Gasteiger partial charge in [0.25, 0.3) is 5.91 Å². The quantitative estimate of drug-likeness (QED) is 0.421. The Bertz CT molecular complexity index is 1130. The molecule has 0 spiro atoms. The van der Waals surface area contributed by atoms with Gasteiger partial charge >= 0.3 is 0 Å². The molecule has 1 saturated carbocycles. The van der Waals surface area contributed by atoms with E-state index in [2.05, 4.69) is 48.2 Å². The van der Waals surface area contributed by atoms with Gasteiger partial charge in [-0.1, -0.05) is 40.0 Å². The predicted octanol–water partition coefficient (Wildman–Crippen LogP) is 3.37. The predicted molar refractivity (Wildman–Crippen MR) is 154 cm³/mol. The van der Waals surface area contributed by atoms with Gasteiger partial charge in [0.15, 0.2) is 0 Å². The summed E-state index contributed by atoms with van der Waals surface area (Å²) in [6.45, 7) is 6.76. The lowest BCUT2D eigenvalue weighted by Gasteiger charge is -2.36. The molecule has 3 heterocycles. The number of hydrogen-bond acceptors (Lipinski definition) is 7. The highest BCUT2D eigenvalue weighted by Crippen LogP contribution is 2.29. The van der Waals surface area contributed by atoms with Crippen molar-refractivity contribution >= 4 is 40.3 Å². The summed E-state index contributed by atoms with van der Waals surface area (Å²) in [4.78, 5) is 54.5. The first-order chi connectivity index (χ1) is 18.6. The fraction of sp³-hybridized carbons (Fsp3) is 0.571. The van der Waals surface area contributed by atoms with Crippen molar-refractivity contribution in [3.63, 3.8) is 0 Å². The van der Waals surface area contributed by atoms with E-state index >= 15 is 0 Å². The van der Waals surface area contributed by atoms with E-state index in [-0.39, 0.29) is 29.5 Å². The summed E-state index contributed by atoms with van der Waals surface area (Å²) in [6, 6.07) is 2.22. The van der Waals surface area contributed by atoms with Crippen LogP contribution in [0.5, 0.6) is 5.88 Å². The molecule has 3 amide bonds. The molecule has 11 heteroatoms. The van der Waals surface area contributed by atoms with Gasteiger partial charge in [0.2, 0.25) is 17.7 Å². The largest absolute Gasteiger partial charge is 0.472 e. The Kier molecular flexibility index (Phi) is 9.73. The van der Waals surface area contributed by atoms with Gasteiger partial charge in [-0.25, -0.2) is 9.97 Å². The molecule has 3 atom stereocenters. The van der Waals surface area contributed by atoms with Crippen LogP contribution in [0.2, 0.25) is 0 Å². The minimum atomic E-state index is -0.765. The first kappa shape index (κ1) is 29.2. The zero-order valence-corrected chi connectivity index (χ0v) is 24.9. The van der Waals surface area contributed by atoms with Crippen molar-refractivity contribution in [1.82, 2.24) is 30.5 Å². The average Bonchev–Trinajstić information content (AvgIpc) is 3.40. The molecule has 2 aromatic heterocycles. The van der Waals surface area contributed by atoms with Crippen LogP contribution in [-0.2, 0) is 9.59 Å². The molecule has 0 radical (unpaired) electrons. The fourth-order valence-electron chi connectivity index (χ4n) is 5.19.